The summed E-state index contributed by atoms with van der Waals surface area (Å²) in [4.78, 5) is 21.8. The number of carbonyl (C=O) groups is 1. The third kappa shape index (κ3) is 4.28. The summed E-state index contributed by atoms with van der Waals surface area (Å²) in [5, 5.41) is 17.5. The number of rotatable bonds is 5. The van der Waals surface area contributed by atoms with E-state index in [1.807, 2.05) is 45.5 Å². The van der Waals surface area contributed by atoms with Crippen molar-refractivity contribution in [3.63, 3.8) is 0 Å². The minimum absolute atomic E-state index is 0.127. The van der Waals surface area contributed by atoms with E-state index in [0.29, 0.717) is 11.3 Å². The second kappa shape index (κ2) is 8.63. The highest BCUT2D eigenvalue weighted by Gasteiger charge is 2.22. The van der Waals surface area contributed by atoms with E-state index in [1.165, 1.54) is 0 Å². The number of nitrogens with zero attached hydrogens (tertiary/aromatic N) is 5. The quantitative estimate of drug-likeness (QED) is 0.405. The molecule has 8 nitrogen and oxygen atoms in total. The Bertz CT molecular complexity index is 1560. The van der Waals surface area contributed by atoms with Gasteiger partial charge in [-0.15, -0.1) is 0 Å². The zero-order chi connectivity index (χ0) is 24.7. The van der Waals surface area contributed by atoms with Gasteiger partial charge in [-0.2, -0.15) is 5.10 Å². The molecule has 0 radical (unpaired) electrons. The fourth-order valence-corrected chi connectivity index (χ4v) is 4.03. The van der Waals surface area contributed by atoms with Crippen LogP contribution < -0.4 is 5.32 Å². The van der Waals surface area contributed by atoms with E-state index < -0.39 is 0 Å². The van der Waals surface area contributed by atoms with Crippen molar-refractivity contribution < 1.29 is 9.90 Å². The Morgan fingerprint density at radius 1 is 1.06 bits per heavy atom. The molecule has 0 aliphatic heterocycles. The second-order valence-corrected chi connectivity index (χ2v) is 9.69. The van der Waals surface area contributed by atoms with Gasteiger partial charge in [-0.3, -0.25) is 9.20 Å². The normalized spacial score (nSPS) is 11.9. The van der Waals surface area contributed by atoms with Crippen LogP contribution in [0.1, 0.15) is 42.5 Å². The minimum atomic E-state index is -0.334. The Balaban J connectivity index is 1.68. The van der Waals surface area contributed by atoms with Gasteiger partial charge in [0.25, 0.3) is 5.91 Å². The van der Waals surface area contributed by atoms with Crippen molar-refractivity contribution in [3.8, 4) is 17.1 Å². The molecular weight excluding hydrogens is 440 g/mol. The van der Waals surface area contributed by atoms with Gasteiger partial charge in [0.05, 0.1) is 29.4 Å². The predicted molar refractivity (Wildman–Crippen MR) is 136 cm³/mol. The number of amides is 1. The van der Waals surface area contributed by atoms with Gasteiger partial charge in [0.2, 0.25) is 0 Å². The molecule has 5 rings (SSSR count). The zero-order valence-electron chi connectivity index (χ0n) is 20.3. The fraction of sp³-hybridized carbons (Fsp3) is 0.259. The molecule has 8 heteroatoms. The van der Waals surface area contributed by atoms with E-state index in [0.717, 1.165) is 33.7 Å². The van der Waals surface area contributed by atoms with Gasteiger partial charge in [-0.1, -0.05) is 32.9 Å². The molecule has 0 unspecified atom stereocenters. The molecule has 4 aromatic heterocycles. The first-order valence-electron chi connectivity index (χ1n) is 11.6. The highest BCUT2D eigenvalue weighted by molar-refractivity contribution is 5.93. The summed E-state index contributed by atoms with van der Waals surface area (Å²) in [6, 6.07) is 18.2. The molecule has 0 bridgehead atoms. The fourth-order valence-electron chi connectivity index (χ4n) is 4.03. The van der Waals surface area contributed by atoms with Crippen molar-refractivity contribution in [2.75, 3.05) is 13.2 Å². The maximum Gasteiger partial charge on any atom is 0.271 e. The largest absolute Gasteiger partial charge is 0.395 e. The lowest BCUT2D eigenvalue weighted by Gasteiger charge is -2.14. The number of fused-ring (bicyclic) bond motifs is 3. The molecule has 0 spiro atoms. The van der Waals surface area contributed by atoms with E-state index in [-0.39, 0.29) is 30.2 Å². The summed E-state index contributed by atoms with van der Waals surface area (Å²) in [5.41, 5.74) is 6.23. The van der Waals surface area contributed by atoms with Crippen molar-refractivity contribution >= 4 is 22.6 Å². The lowest BCUT2D eigenvalue weighted by atomic mass is 9.92. The number of aryl methyl sites for hydroxylation is 1. The van der Waals surface area contributed by atoms with E-state index in [4.69, 9.17) is 15.2 Å². The van der Waals surface area contributed by atoms with Crippen molar-refractivity contribution in [2.45, 2.75) is 33.1 Å². The minimum Gasteiger partial charge on any atom is -0.395 e. The first-order valence-corrected chi connectivity index (χ1v) is 11.6. The second-order valence-electron chi connectivity index (χ2n) is 9.69. The molecular formula is C27H28N6O2. The van der Waals surface area contributed by atoms with Crippen LogP contribution in [0.5, 0.6) is 0 Å². The number of aromatic nitrogens is 5. The van der Waals surface area contributed by atoms with Gasteiger partial charge in [0.15, 0.2) is 0 Å². The molecule has 2 N–H and O–H groups in total. The maximum absolute atomic E-state index is 12.4. The smallest absolute Gasteiger partial charge is 0.271 e. The molecule has 1 aromatic carbocycles. The average Bonchev–Trinajstić information content (AvgIpc) is 3.47. The van der Waals surface area contributed by atoms with E-state index in [9.17, 15) is 4.79 Å². The molecule has 0 saturated carbocycles. The van der Waals surface area contributed by atoms with Crippen LogP contribution in [-0.4, -0.2) is 48.3 Å². The van der Waals surface area contributed by atoms with Crippen LogP contribution in [-0.2, 0) is 5.41 Å². The van der Waals surface area contributed by atoms with Crippen LogP contribution in [0, 0.1) is 6.92 Å². The van der Waals surface area contributed by atoms with Gasteiger partial charge < -0.3 is 10.4 Å². The summed E-state index contributed by atoms with van der Waals surface area (Å²) >= 11 is 0. The van der Waals surface area contributed by atoms with Crippen molar-refractivity contribution in [2.24, 2.45) is 0 Å². The highest BCUT2D eigenvalue weighted by Crippen LogP contribution is 2.30. The lowest BCUT2D eigenvalue weighted by molar-refractivity contribution is 0.0940. The number of hydrogen-bond donors (Lipinski definition) is 2. The van der Waals surface area contributed by atoms with Gasteiger partial charge in [0.1, 0.15) is 17.0 Å². The van der Waals surface area contributed by atoms with E-state index >= 15 is 0 Å². The maximum atomic E-state index is 12.4. The Morgan fingerprint density at radius 3 is 2.60 bits per heavy atom. The zero-order valence-corrected chi connectivity index (χ0v) is 20.3. The van der Waals surface area contributed by atoms with Crippen LogP contribution in [0.25, 0.3) is 33.8 Å². The monoisotopic (exact) mass is 468 g/mol. The number of aliphatic hydroxyl groups is 1. The number of nitrogens with one attached hydrogen (secondary N) is 1. The highest BCUT2D eigenvalue weighted by atomic mass is 16.3. The summed E-state index contributed by atoms with van der Waals surface area (Å²) in [6.45, 7) is 8.55. The van der Waals surface area contributed by atoms with Gasteiger partial charge in [-0.05, 0) is 55.0 Å². The van der Waals surface area contributed by atoms with Gasteiger partial charge >= 0.3 is 0 Å². The lowest BCUT2D eigenvalue weighted by Crippen LogP contribution is -2.26. The van der Waals surface area contributed by atoms with Crippen LogP contribution in [0.3, 0.4) is 0 Å². The molecule has 0 saturated heterocycles. The standard InChI is InChI=1S/C27H28N6O2/c1-17-6-5-7-19(14-17)33-22(15-23(31-33)27(2,3)4)20-10-8-18-9-11-24-29-21(26(35)28-12-13-34)16-32(24)25(18)30-20/h5-11,14-16,34H,12-13H2,1-4H3,(H,28,35). The van der Waals surface area contributed by atoms with E-state index in [2.05, 4.69) is 56.2 Å². The third-order valence-corrected chi connectivity index (χ3v) is 5.90. The Labute approximate surface area is 203 Å². The molecule has 0 fully saturated rings. The number of aliphatic hydroxyl groups excluding tert-OH is 1. The molecule has 1 amide bonds. The molecule has 0 aliphatic rings. The molecule has 178 valence electrons. The Kier molecular flexibility index (Phi) is 5.61. The molecule has 4 heterocycles. The summed E-state index contributed by atoms with van der Waals surface area (Å²) in [5.74, 6) is -0.334. The summed E-state index contributed by atoms with van der Waals surface area (Å²) < 4.78 is 3.77. The van der Waals surface area contributed by atoms with E-state index in [1.54, 1.807) is 6.20 Å². The van der Waals surface area contributed by atoms with Crippen LogP contribution in [0.4, 0.5) is 0 Å². The number of hydrogen-bond acceptors (Lipinski definition) is 5. The van der Waals surface area contributed by atoms with Crippen molar-refractivity contribution in [1.29, 1.82) is 0 Å². The number of carbonyl (C=O) groups excluding carboxylic acids is 1. The molecule has 5 aromatic rings. The molecule has 35 heavy (non-hydrogen) atoms. The van der Waals surface area contributed by atoms with Crippen LogP contribution >= 0.6 is 0 Å². The number of imidazole rings is 1. The number of benzene rings is 1. The summed E-state index contributed by atoms with van der Waals surface area (Å²) in [7, 11) is 0. The average molecular weight is 469 g/mol. The van der Waals surface area contributed by atoms with Gasteiger partial charge in [0, 0.05) is 23.5 Å². The molecule has 0 aliphatic carbocycles. The van der Waals surface area contributed by atoms with Crippen molar-refractivity contribution in [1.82, 2.24) is 29.5 Å². The topological polar surface area (TPSA) is 97.3 Å². The Hall–Kier alpha value is -4.04. The SMILES string of the molecule is Cc1cccc(-n2nc(C(C)(C)C)cc2-c2ccc3ccc4nc(C(=O)NCCO)cn4c3n2)c1. The summed E-state index contributed by atoms with van der Waals surface area (Å²) in [6.07, 6.45) is 1.68. The number of pyridine rings is 2. The van der Waals surface area contributed by atoms with Crippen molar-refractivity contribution in [3.05, 3.63) is 77.7 Å². The first-order chi connectivity index (χ1) is 16.7. The van der Waals surface area contributed by atoms with Crippen LogP contribution in [0.2, 0.25) is 0 Å². The molecule has 0 atom stereocenters. The Morgan fingerprint density at radius 2 is 1.86 bits per heavy atom. The first kappa shape index (κ1) is 22.7. The van der Waals surface area contributed by atoms with Gasteiger partial charge in [-0.25, -0.2) is 14.6 Å². The third-order valence-electron chi connectivity index (χ3n) is 5.90. The van der Waals surface area contributed by atoms with Crippen LogP contribution in [0.15, 0.2) is 60.8 Å². The predicted octanol–water partition coefficient (Wildman–Crippen LogP) is 4.06.